The first-order chi connectivity index (χ1) is 6.77. The van der Waals surface area contributed by atoms with Gasteiger partial charge in [0.1, 0.15) is 0 Å². The zero-order valence-electron chi connectivity index (χ0n) is 8.42. The number of hydrogen-bond acceptors (Lipinski definition) is 3. The molecule has 0 radical (unpaired) electrons. The van der Waals surface area contributed by atoms with Gasteiger partial charge in [-0.05, 0) is 46.0 Å². The van der Waals surface area contributed by atoms with Crippen molar-refractivity contribution < 1.29 is 0 Å². The molecule has 1 atom stereocenters. The van der Waals surface area contributed by atoms with Crippen molar-refractivity contribution in [1.82, 2.24) is 5.43 Å². The molecule has 0 bridgehead atoms. The second-order valence-corrected chi connectivity index (χ2v) is 6.20. The molecule has 0 aliphatic carbocycles. The maximum atomic E-state index is 5.55. The molecule has 0 spiro atoms. The fourth-order valence-corrected chi connectivity index (χ4v) is 2.88. The summed E-state index contributed by atoms with van der Waals surface area (Å²) in [6.45, 7) is 2.22. The molecule has 4 heteroatoms. The average molecular weight is 324 g/mol. The van der Waals surface area contributed by atoms with Crippen LogP contribution in [0.5, 0.6) is 0 Å². The Hall–Kier alpha value is 0.350. The van der Waals surface area contributed by atoms with Gasteiger partial charge >= 0.3 is 0 Å². The van der Waals surface area contributed by atoms with E-state index in [2.05, 4.69) is 46.4 Å². The number of halogens is 1. The van der Waals surface area contributed by atoms with E-state index in [9.17, 15) is 0 Å². The molecule has 1 unspecified atom stereocenters. The van der Waals surface area contributed by atoms with Crippen molar-refractivity contribution in [1.29, 1.82) is 0 Å². The number of thiophene rings is 1. The van der Waals surface area contributed by atoms with Crippen molar-refractivity contribution in [3.8, 4) is 0 Å². The van der Waals surface area contributed by atoms with Gasteiger partial charge in [-0.2, -0.15) is 0 Å². The number of nitrogens with two attached hydrogens (primary N) is 1. The highest BCUT2D eigenvalue weighted by Crippen LogP contribution is 2.25. The van der Waals surface area contributed by atoms with Gasteiger partial charge in [-0.1, -0.05) is 26.2 Å². The third-order valence-electron chi connectivity index (χ3n) is 2.29. The minimum absolute atomic E-state index is 0.335. The Bertz CT molecular complexity index is 262. The molecule has 0 aliphatic rings. The van der Waals surface area contributed by atoms with E-state index < -0.39 is 0 Å². The minimum Gasteiger partial charge on any atom is -0.271 e. The van der Waals surface area contributed by atoms with Crippen LogP contribution in [-0.4, -0.2) is 0 Å². The number of unbranched alkanes of at least 4 members (excludes halogenated alkanes) is 2. The van der Waals surface area contributed by atoms with Gasteiger partial charge in [0, 0.05) is 6.04 Å². The second-order valence-electron chi connectivity index (χ2n) is 3.40. The van der Waals surface area contributed by atoms with Crippen LogP contribution in [0.3, 0.4) is 0 Å². The van der Waals surface area contributed by atoms with E-state index in [-0.39, 0.29) is 0 Å². The lowest BCUT2D eigenvalue weighted by atomic mass is 10.0. The Labute approximate surface area is 103 Å². The number of hydrazine groups is 1. The lowest BCUT2D eigenvalue weighted by Gasteiger charge is -2.13. The van der Waals surface area contributed by atoms with Gasteiger partial charge in [0.15, 0.2) is 0 Å². The molecule has 80 valence electrons. The van der Waals surface area contributed by atoms with Crippen LogP contribution in [0.1, 0.15) is 44.2 Å². The van der Waals surface area contributed by atoms with E-state index in [1.165, 1.54) is 27.7 Å². The van der Waals surface area contributed by atoms with Crippen LogP contribution in [0.25, 0.3) is 0 Å². The molecule has 0 aromatic carbocycles. The van der Waals surface area contributed by atoms with E-state index in [1.807, 2.05) is 0 Å². The second kappa shape index (κ2) is 6.76. The summed E-state index contributed by atoms with van der Waals surface area (Å²) in [5, 5.41) is 2.19. The van der Waals surface area contributed by atoms with Crippen molar-refractivity contribution in [2.24, 2.45) is 5.84 Å². The zero-order valence-corrected chi connectivity index (χ0v) is 11.4. The number of nitrogens with one attached hydrogen (secondary N) is 1. The summed E-state index contributed by atoms with van der Waals surface area (Å²) >= 11 is 4.12. The SMILES string of the molecule is CCCCCC(NN)c1csc(I)c1. The topological polar surface area (TPSA) is 38.0 Å². The third kappa shape index (κ3) is 3.84. The largest absolute Gasteiger partial charge is 0.271 e. The molecule has 2 nitrogen and oxygen atoms in total. The summed E-state index contributed by atoms with van der Waals surface area (Å²) in [6, 6.07) is 2.54. The Kier molecular flexibility index (Phi) is 6.00. The Morgan fingerprint density at radius 2 is 2.36 bits per heavy atom. The summed E-state index contributed by atoms with van der Waals surface area (Å²) in [5.74, 6) is 5.55. The fourth-order valence-electron chi connectivity index (χ4n) is 1.45. The molecule has 0 fully saturated rings. The molecule has 1 rings (SSSR count). The minimum atomic E-state index is 0.335. The molecule has 0 amide bonds. The number of rotatable bonds is 6. The quantitative estimate of drug-likeness (QED) is 0.364. The van der Waals surface area contributed by atoms with Gasteiger partial charge in [0.25, 0.3) is 0 Å². The van der Waals surface area contributed by atoms with Crippen molar-refractivity contribution in [2.75, 3.05) is 0 Å². The van der Waals surface area contributed by atoms with E-state index >= 15 is 0 Å². The molecule has 14 heavy (non-hydrogen) atoms. The van der Waals surface area contributed by atoms with Gasteiger partial charge in [-0.15, -0.1) is 11.3 Å². The lowest BCUT2D eigenvalue weighted by molar-refractivity contribution is 0.488. The van der Waals surface area contributed by atoms with E-state index in [0.29, 0.717) is 6.04 Å². The first kappa shape index (κ1) is 12.4. The molecule has 0 saturated carbocycles. The van der Waals surface area contributed by atoms with Gasteiger partial charge in [-0.25, -0.2) is 0 Å². The summed E-state index contributed by atoms with van der Waals surface area (Å²) in [4.78, 5) is 0. The Balaban J connectivity index is 2.45. The van der Waals surface area contributed by atoms with Crippen LogP contribution < -0.4 is 11.3 Å². The van der Waals surface area contributed by atoms with Crippen molar-refractivity contribution in [3.05, 3.63) is 19.9 Å². The molecule has 1 aromatic heterocycles. The van der Waals surface area contributed by atoms with Crippen LogP contribution >= 0.6 is 33.9 Å². The maximum absolute atomic E-state index is 5.55. The normalized spacial score (nSPS) is 13.1. The van der Waals surface area contributed by atoms with Crippen LogP contribution in [0, 0.1) is 2.88 Å². The molecular formula is C10H17IN2S. The first-order valence-electron chi connectivity index (χ1n) is 4.98. The molecule has 0 saturated heterocycles. The smallest absolute Gasteiger partial charge is 0.0656 e. The lowest BCUT2D eigenvalue weighted by Crippen LogP contribution is -2.27. The summed E-state index contributed by atoms with van der Waals surface area (Å²) in [6.07, 6.45) is 4.94. The highest BCUT2D eigenvalue weighted by Gasteiger charge is 2.10. The summed E-state index contributed by atoms with van der Waals surface area (Å²) < 4.78 is 1.33. The van der Waals surface area contributed by atoms with Gasteiger partial charge in [0.05, 0.1) is 2.88 Å². The monoisotopic (exact) mass is 324 g/mol. The average Bonchev–Trinajstić information content (AvgIpc) is 2.60. The van der Waals surface area contributed by atoms with E-state index in [0.717, 1.165) is 6.42 Å². The first-order valence-corrected chi connectivity index (χ1v) is 6.93. The Morgan fingerprint density at radius 3 is 2.86 bits per heavy atom. The molecule has 3 N–H and O–H groups in total. The maximum Gasteiger partial charge on any atom is 0.0656 e. The van der Waals surface area contributed by atoms with Crippen molar-refractivity contribution >= 4 is 33.9 Å². The van der Waals surface area contributed by atoms with E-state index in [4.69, 9.17) is 5.84 Å². The van der Waals surface area contributed by atoms with Crippen LogP contribution in [0.4, 0.5) is 0 Å². The molecular weight excluding hydrogens is 307 g/mol. The van der Waals surface area contributed by atoms with Crippen LogP contribution in [-0.2, 0) is 0 Å². The molecule has 1 aromatic rings. The zero-order chi connectivity index (χ0) is 10.4. The predicted octanol–water partition coefficient (Wildman–Crippen LogP) is 3.44. The van der Waals surface area contributed by atoms with Gasteiger partial charge in [0.2, 0.25) is 0 Å². The summed E-state index contributed by atoms with van der Waals surface area (Å²) in [5.41, 5.74) is 4.23. The van der Waals surface area contributed by atoms with Crippen molar-refractivity contribution in [2.45, 2.75) is 38.6 Å². The standard InChI is InChI=1S/C10H17IN2S/c1-2-3-4-5-9(13-12)8-6-10(11)14-7-8/h6-7,9,13H,2-5,12H2,1H3. The summed E-state index contributed by atoms with van der Waals surface area (Å²) in [7, 11) is 0. The highest BCUT2D eigenvalue weighted by molar-refractivity contribution is 14.1. The van der Waals surface area contributed by atoms with Crippen LogP contribution in [0.2, 0.25) is 0 Å². The fraction of sp³-hybridized carbons (Fsp3) is 0.600. The molecule has 0 aliphatic heterocycles. The van der Waals surface area contributed by atoms with Crippen LogP contribution in [0.15, 0.2) is 11.4 Å². The highest BCUT2D eigenvalue weighted by atomic mass is 127. The number of hydrogen-bond donors (Lipinski definition) is 2. The third-order valence-corrected chi connectivity index (χ3v) is 4.09. The van der Waals surface area contributed by atoms with Crippen molar-refractivity contribution in [3.63, 3.8) is 0 Å². The van der Waals surface area contributed by atoms with Gasteiger partial charge in [-0.3, -0.25) is 11.3 Å². The van der Waals surface area contributed by atoms with E-state index in [1.54, 1.807) is 11.3 Å². The Morgan fingerprint density at radius 1 is 1.57 bits per heavy atom. The molecule has 1 heterocycles. The predicted molar refractivity (Wildman–Crippen MR) is 71.2 cm³/mol. The van der Waals surface area contributed by atoms with Gasteiger partial charge < -0.3 is 0 Å².